The molecule has 0 saturated heterocycles. The molecule has 0 aliphatic rings. The Hall–Kier alpha value is -2.09. The number of halogens is 2. The number of hydrogen-bond acceptors (Lipinski definition) is 4. The Kier molecular flexibility index (Phi) is 3.67. The summed E-state index contributed by atoms with van der Waals surface area (Å²) in [5.41, 5.74) is -0.000337. The lowest BCUT2D eigenvalue weighted by atomic mass is 10.1. The van der Waals surface area contributed by atoms with Crippen molar-refractivity contribution in [3.05, 3.63) is 28.1 Å². The van der Waals surface area contributed by atoms with Gasteiger partial charge in [0.15, 0.2) is 17.2 Å². The van der Waals surface area contributed by atoms with Gasteiger partial charge in [0.1, 0.15) is 5.82 Å². The lowest BCUT2D eigenvalue weighted by Gasteiger charge is -2.11. The maximum atomic E-state index is 14.1. The van der Waals surface area contributed by atoms with Gasteiger partial charge in [-0.15, -0.1) is 0 Å². The van der Waals surface area contributed by atoms with Gasteiger partial charge in [0.25, 0.3) is 0 Å². The number of rotatable bonds is 3. The van der Waals surface area contributed by atoms with Gasteiger partial charge in [-0.3, -0.25) is 4.68 Å². The lowest BCUT2D eigenvalue weighted by molar-refractivity contribution is 0.0689. The van der Waals surface area contributed by atoms with Crippen LogP contribution in [0.3, 0.4) is 0 Å². The predicted molar refractivity (Wildman–Crippen MR) is 71.5 cm³/mol. The molecule has 6 nitrogen and oxygen atoms in total. The molecule has 1 aromatic heterocycles. The van der Waals surface area contributed by atoms with Crippen LogP contribution in [0, 0.1) is 5.82 Å². The van der Waals surface area contributed by atoms with E-state index in [0.717, 1.165) is 6.07 Å². The molecule has 20 heavy (non-hydrogen) atoms. The number of hydrogen-bond donors (Lipinski definition) is 2. The first-order valence-electron chi connectivity index (χ1n) is 5.39. The van der Waals surface area contributed by atoms with E-state index in [-0.39, 0.29) is 32.9 Å². The number of ether oxygens (including phenoxy) is 1. The Balaban J connectivity index is 2.70. The number of phenols is 1. The third-order valence-corrected chi connectivity index (χ3v) is 3.50. The molecule has 0 aliphatic heterocycles. The third-order valence-electron chi connectivity index (χ3n) is 2.73. The van der Waals surface area contributed by atoms with Crippen molar-refractivity contribution in [2.45, 2.75) is 0 Å². The van der Waals surface area contributed by atoms with Crippen LogP contribution in [-0.2, 0) is 7.05 Å². The van der Waals surface area contributed by atoms with Gasteiger partial charge in [0.2, 0.25) is 0 Å². The highest BCUT2D eigenvalue weighted by Gasteiger charge is 2.22. The van der Waals surface area contributed by atoms with Crippen LogP contribution < -0.4 is 4.74 Å². The molecule has 0 saturated carbocycles. The van der Waals surface area contributed by atoms with Crippen molar-refractivity contribution in [1.29, 1.82) is 0 Å². The molecule has 2 aromatic rings. The van der Waals surface area contributed by atoms with E-state index in [2.05, 4.69) is 21.0 Å². The quantitative estimate of drug-likeness (QED) is 0.892. The van der Waals surface area contributed by atoms with Crippen molar-refractivity contribution in [3.8, 4) is 22.8 Å². The lowest BCUT2D eigenvalue weighted by Crippen LogP contribution is -2.00. The van der Waals surface area contributed by atoms with Gasteiger partial charge >= 0.3 is 5.97 Å². The number of carboxylic acids is 1. The molecule has 106 valence electrons. The Morgan fingerprint density at radius 3 is 2.65 bits per heavy atom. The van der Waals surface area contributed by atoms with Gasteiger partial charge in [0, 0.05) is 13.1 Å². The molecule has 0 unspecified atom stereocenters. The molecule has 2 N–H and O–H groups in total. The van der Waals surface area contributed by atoms with E-state index < -0.39 is 11.8 Å². The molecule has 8 heteroatoms. The Morgan fingerprint density at radius 1 is 1.50 bits per heavy atom. The second kappa shape index (κ2) is 5.12. The van der Waals surface area contributed by atoms with Crippen molar-refractivity contribution < 1.29 is 24.1 Å². The zero-order valence-electron chi connectivity index (χ0n) is 10.5. The minimum Gasteiger partial charge on any atom is -0.503 e. The average Bonchev–Trinajstić information content (AvgIpc) is 2.76. The molecule has 0 amide bonds. The van der Waals surface area contributed by atoms with Gasteiger partial charge in [-0.05, 0) is 22.0 Å². The fraction of sp³-hybridized carbons (Fsp3) is 0.167. The number of aromatic hydroxyl groups is 1. The van der Waals surface area contributed by atoms with Crippen LogP contribution >= 0.6 is 15.9 Å². The van der Waals surface area contributed by atoms with Crippen molar-refractivity contribution in [2.24, 2.45) is 7.05 Å². The highest BCUT2D eigenvalue weighted by molar-refractivity contribution is 9.10. The van der Waals surface area contributed by atoms with E-state index in [4.69, 9.17) is 9.84 Å². The fourth-order valence-electron chi connectivity index (χ4n) is 1.78. The molecule has 1 heterocycles. The van der Waals surface area contributed by atoms with Gasteiger partial charge in [-0.1, -0.05) is 0 Å². The van der Waals surface area contributed by atoms with Crippen molar-refractivity contribution in [2.75, 3.05) is 7.11 Å². The van der Waals surface area contributed by atoms with E-state index in [1.807, 2.05) is 0 Å². The number of methoxy groups -OCH3 is 1. The van der Waals surface area contributed by atoms with Crippen molar-refractivity contribution in [3.63, 3.8) is 0 Å². The van der Waals surface area contributed by atoms with E-state index in [0.29, 0.717) is 0 Å². The first-order chi connectivity index (χ1) is 9.36. The molecule has 0 spiro atoms. The summed E-state index contributed by atoms with van der Waals surface area (Å²) in [6.07, 6.45) is 0. The summed E-state index contributed by atoms with van der Waals surface area (Å²) in [5.74, 6) is -2.20. The normalized spacial score (nSPS) is 10.6. The minimum atomic E-state index is -1.22. The summed E-state index contributed by atoms with van der Waals surface area (Å²) in [6, 6.07) is 2.24. The maximum absolute atomic E-state index is 14.1. The number of benzene rings is 1. The van der Waals surface area contributed by atoms with Gasteiger partial charge < -0.3 is 14.9 Å². The number of aromatic nitrogens is 2. The summed E-state index contributed by atoms with van der Waals surface area (Å²) < 4.78 is 20.3. The second-order valence-electron chi connectivity index (χ2n) is 3.94. The summed E-state index contributed by atoms with van der Waals surface area (Å²) in [7, 11) is 2.78. The topological polar surface area (TPSA) is 84.6 Å². The third kappa shape index (κ3) is 2.22. The number of aromatic carboxylic acids is 1. The van der Waals surface area contributed by atoms with Crippen LogP contribution in [0.25, 0.3) is 11.3 Å². The molecule has 0 fully saturated rings. The number of nitrogens with zero attached hydrogens (tertiary/aromatic N) is 2. The van der Waals surface area contributed by atoms with Crippen LogP contribution in [0.15, 0.2) is 16.6 Å². The van der Waals surface area contributed by atoms with Crippen LogP contribution in [0.1, 0.15) is 10.5 Å². The molecule has 0 bridgehead atoms. The van der Waals surface area contributed by atoms with Gasteiger partial charge in [-0.25, -0.2) is 9.18 Å². The van der Waals surface area contributed by atoms with Crippen molar-refractivity contribution >= 4 is 21.9 Å². The number of phenolic OH excluding ortho intramolecular Hbond substituents is 1. The Morgan fingerprint density at radius 2 is 2.15 bits per heavy atom. The number of carboxylic acid groups (broad SMARTS) is 1. The first-order valence-corrected chi connectivity index (χ1v) is 6.18. The monoisotopic (exact) mass is 344 g/mol. The number of aryl methyl sites for hydroxylation is 1. The Labute approximate surface area is 121 Å². The van der Waals surface area contributed by atoms with E-state index in [1.54, 1.807) is 0 Å². The van der Waals surface area contributed by atoms with Gasteiger partial charge in [0.05, 0.1) is 22.8 Å². The SMILES string of the molecule is COc1cc(F)c(-c2cc(C(=O)O)nn2C)c(Br)c1O. The molecule has 0 radical (unpaired) electrons. The van der Waals surface area contributed by atoms with E-state index in [1.165, 1.54) is 24.9 Å². The van der Waals surface area contributed by atoms with E-state index in [9.17, 15) is 14.3 Å². The first kappa shape index (κ1) is 14.3. The van der Waals surface area contributed by atoms with Crippen LogP contribution in [-0.4, -0.2) is 33.1 Å². The second-order valence-corrected chi connectivity index (χ2v) is 4.73. The summed E-state index contributed by atoms with van der Waals surface area (Å²) in [4.78, 5) is 10.9. The summed E-state index contributed by atoms with van der Waals surface area (Å²) in [6.45, 7) is 0. The zero-order chi connectivity index (χ0) is 15.0. The largest absolute Gasteiger partial charge is 0.503 e. The highest BCUT2D eigenvalue weighted by Crippen LogP contribution is 2.43. The summed E-state index contributed by atoms with van der Waals surface area (Å²) in [5, 5.41) is 22.5. The van der Waals surface area contributed by atoms with Crippen LogP contribution in [0.4, 0.5) is 4.39 Å². The molecular weight excluding hydrogens is 335 g/mol. The smallest absolute Gasteiger partial charge is 0.356 e. The zero-order valence-corrected chi connectivity index (χ0v) is 12.1. The fourth-order valence-corrected chi connectivity index (χ4v) is 2.37. The predicted octanol–water partition coefficient (Wildman–Crippen LogP) is 2.40. The maximum Gasteiger partial charge on any atom is 0.356 e. The van der Waals surface area contributed by atoms with Crippen LogP contribution in [0.5, 0.6) is 11.5 Å². The molecule has 1 aromatic carbocycles. The minimum absolute atomic E-state index is 0.00537. The molecule has 0 atom stereocenters. The van der Waals surface area contributed by atoms with Gasteiger partial charge in [-0.2, -0.15) is 5.10 Å². The average molecular weight is 345 g/mol. The Bertz CT molecular complexity index is 699. The summed E-state index contributed by atoms with van der Waals surface area (Å²) >= 11 is 3.08. The molecule has 2 rings (SSSR count). The highest BCUT2D eigenvalue weighted by atomic mass is 79.9. The van der Waals surface area contributed by atoms with E-state index >= 15 is 0 Å². The molecule has 0 aliphatic carbocycles. The molecular formula is C12H10BrFN2O4. The van der Waals surface area contributed by atoms with Crippen molar-refractivity contribution in [1.82, 2.24) is 9.78 Å². The van der Waals surface area contributed by atoms with Crippen LogP contribution in [0.2, 0.25) is 0 Å². The standard InChI is InChI=1S/C12H10BrFN2O4/c1-16-7(4-6(15-16)12(18)19)9-5(14)3-8(20-2)11(17)10(9)13/h3-4,17H,1-2H3,(H,18,19). The number of carbonyl (C=O) groups is 1.